The fourth-order valence-corrected chi connectivity index (χ4v) is 4.07. The Morgan fingerprint density at radius 1 is 0.944 bits per heavy atom. The summed E-state index contributed by atoms with van der Waals surface area (Å²) in [5, 5.41) is 3.10. The van der Waals surface area contributed by atoms with Crippen LogP contribution in [0.15, 0.2) is 0 Å². The molecule has 3 rings (SSSR count). The van der Waals surface area contributed by atoms with Crippen molar-refractivity contribution in [2.75, 3.05) is 7.05 Å². The molecule has 100 valence electrons. The van der Waals surface area contributed by atoms with Crippen LogP contribution in [-0.4, -0.2) is 34.8 Å². The summed E-state index contributed by atoms with van der Waals surface area (Å²) in [4.78, 5) is 27.1. The van der Waals surface area contributed by atoms with E-state index < -0.39 is 11.1 Å². The topological polar surface area (TPSA) is 49.4 Å². The summed E-state index contributed by atoms with van der Waals surface area (Å²) < 4.78 is 0. The van der Waals surface area contributed by atoms with Gasteiger partial charge in [-0.05, 0) is 25.7 Å². The predicted molar refractivity (Wildman–Crippen MR) is 67.9 cm³/mol. The predicted octanol–water partition coefficient (Wildman–Crippen LogP) is 1.59. The van der Waals surface area contributed by atoms with Crippen LogP contribution in [-0.2, 0) is 9.59 Å². The molecule has 1 saturated heterocycles. The molecule has 0 aromatic carbocycles. The van der Waals surface area contributed by atoms with E-state index in [2.05, 4.69) is 5.32 Å². The lowest BCUT2D eigenvalue weighted by molar-refractivity contribution is -0.163. The number of amides is 2. The summed E-state index contributed by atoms with van der Waals surface area (Å²) in [6.45, 7) is 0. The first-order valence-corrected chi connectivity index (χ1v) is 7.22. The van der Waals surface area contributed by atoms with Crippen molar-refractivity contribution in [2.45, 2.75) is 68.9 Å². The van der Waals surface area contributed by atoms with Gasteiger partial charge in [0.25, 0.3) is 0 Å². The highest BCUT2D eigenvalue weighted by molar-refractivity contribution is 6.02. The molecule has 0 unspecified atom stereocenters. The van der Waals surface area contributed by atoms with Gasteiger partial charge in [-0.3, -0.25) is 9.59 Å². The highest BCUT2D eigenvalue weighted by Crippen LogP contribution is 2.42. The monoisotopic (exact) mass is 250 g/mol. The average Bonchev–Trinajstić information content (AvgIpc) is 2.86. The van der Waals surface area contributed by atoms with Crippen LogP contribution in [0.3, 0.4) is 0 Å². The van der Waals surface area contributed by atoms with Crippen LogP contribution in [0, 0.1) is 0 Å². The molecule has 0 aromatic heterocycles. The summed E-state index contributed by atoms with van der Waals surface area (Å²) in [5.41, 5.74) is -1.10. The maximum Gasteiger partial charge on any atom is 0.248 e. The molecule has 18 heavy (non-hydrogen) atoms. The van der Waals surface area contributed by atoms with Gasteiger partial charge in [-0.15, -0.1) is 0 Å². The molecule has 0 bridgehead atoms. The third-order valence-corrected chi connectivity index (χ3v) is 5.27. The van der Waals surface area contributed by atoms with E-state index in [4.69, 9.17) is 0 Å². The molecule has 2 saturated carbocycles. The van der Waals surface area contributed by atoms with Crippen LogP contribution in [0.4, 0.5) is 0 Å². The molecule has 3 aliphatic rings. The molecule has 0 atom stereocenters. The third kappa shape index (κ3) is 1.44. The number of likely N-dealkylation sites (N-methyl/N-ethyl adjacent to an activating group) is 1. The zero-order chi connectivity index (χ0) is 12.8. The molecule has 1 aliphatic heterocycles. The van der Waals surface area contributed by atoms with Gasteiger partial charge in [-0.1, -0.05) is 32.1 Å². The van der Waals surface area contributed by atoms with Gasteiger partial charge < -0.3 is 10.2 Å². The first-order valence-electron chi connectivity index (χ1n) is 7.22. The van der Waals surface area contributed by atoms with Crippen molar-refractivity contribution in [2.24, 2.45) is 0 Å². The number of carbonyl (C=O) groups excluding carboxylic acids is 2. The van der Waals surface area contributed by atoms with E-state index in [1.807, 2.05) is 7.05 Å². The number of rotatable bonds is 0. The van der Waals surface area contributed by atoms with E-state index in [1.54, 1.807) is 4.90 Å². The first-order chi connectivity index (χ1) is 8.61. The second-order valence-corrected chi connectivity index (χ2v) is 6.20. The molecule has 2 amide bonds. The minimum Gasteiger partial charge on any atom is -0.340 e. The standard InChI is InChI=1S/C14H22N2O2/c1-16-12(18)13(7-5-6-8-13)15-11(17)14(16)9-3-2-4-10-14/h2-10H2,1H3,(H,15,17). The quantitative estimate of drug-likeness (QED) is 0.710. The summed E-state index contributed by atoms with van der Waals surface area (Å²) in [5.74, 6) is 0.257. The number of hydrogen-bond donors (Lipinski definition) is 1. The molecule has 0 aromatic rings. The van der Waals surface area contributed by atoms with Crippen LogP contribution >= 0.6 is 0 Å². The largest absolute Gasteiger partial charge is 0.340 e. The Morgan fingerprint density at radius 3 is 2.11 bits per heavy atom. The van der Waals surface area contributed by atoms with E-state index >= 15 is 0 Å². The summed E-state index contributed by atoms with van der Waals surface area (Å²) in [6.07, 6.45) is 8.68. The molecule has 2 aliphatic carbocycles. The Hall–Kier alpha value is -1.06. The molecule has 1 N–H and O–H groups in total. The zero-order valence-corrected chi connectivity index (χ0v) is 11.1. The minimum atomic E-state index is -0.561. The van der Waals surface area contributed by atoms with Crippen molar-refractivity contribution in [3.63, 3.8) is 0 Å². The Morgan fingerprint density at radius 2 is 1.50 bits per heavy atom. The van der Waals surface area contributed by atoms with Crippen LogP contribution in [0.25, 0.3) is 0 Å². The summed E-state index contributed by atoms with van der Waals surface area (Å²) >= 11 is 0. The zero-order valence-electron chi connectivity index (χ0n) is 11.1. The Balaban J connectivity index is 1.92. The third-order valence-electron chi connectivity index (χ3n) is 5.27. The Kier molecular flexibility index (Phi) is 2.65. The van der Waals surface area contributed by atoms with E-state index in [-0.39, 0.29) is 11.8 Å². The van der Waals surface area contributed by atoms with Crippen LogP contribution < -0.4 is 5.32 Å². The van der Waals surface area contributed by atoms with Crippen molar-refractivity contribution in [1.29, 1.82) is 0 Å². The van der Waals surface area contributed by atoms with Crippen LogP contribution in [0.2, 0.25) is 0 Å². The van der Waals surface area contributed by atoms with Crippen molar-refractivity contribution in [3.8, 4) is 0 Å². The molecule has 0 radical (unpaired) electrons. The van der Waals surface area contributed by atoms with E-state index in [1.165, 1.54) is 6.42 Å². The number of nitrogens with zero attached hydrogens (tertiary/aromatic N) is 1. The molecular weight excluding hydrogens is 228 g/mol. The first kappa shape index (κ1) is 12.0. The minimum absolute atomic E-state index is 0.103. The Labute approximate surface area is 108 Å². The molecule has 2 spiro atoms. The summed E-state index contributed by atoms with van der Waals surface area (Å²) in [7, 11) is 1.84. The lowest BCUT2D eigenvalue weighted by atomic mass is 9.75. The highest BCUT2D eigenvalue weighted by Gasteiger charge is 2.57. The molecule has 4 heteroatoms. The van der Waals surface area contributed by atoms with Gasteiger partial charge in [0, 0.05) is 7.05 Å². The number of piperazine rings is 1. The van der Waals surface area contributed by atoms with Gasteiger partial charge >= 0.3 is 0 Å². The number of carbonyl (C=O) groups is 2. The molecule has 3 fully saturated rings. The average molecular weight is 250 g/mol. The summed E-state index contributed by atoms with van der Waals surface area (Å²) in [6, 6.07) is 0. The highest BCUT2D eigenvalue weighted by atomic mass is 16.2. The van der Waals surface area contributed by atoms with E-state index in [0.717, 1.165) is 51.4 Å². The fourth-order valence-electron chi connectivity index (χ4n) is 4.07. The van der Waals surface area contributed by atoms with Crippen molar-refractivity contribution < 1.29 is 9.59 Å². The SMILES string of the molecule is CN1C(=O)C2(CCCC2)NC(=O)C12CCCCC2. The van der Waals surface area contributed by atoms with Crippen LogP contribution in [0.5, 0.6) is 0 Å². The lowest BCUT2D eigenvalue weighted by Gasteiger charge is -2.51. The van der Waals surface area contributed by atoms with Gasteiger partial charge in [-0.2, -0.15) is 0 Å². The van der Waals surface area contributed by atoms with Crippen LogP contribution in [0.1, 0.15) is 57.8 Å². The fraction of sp³-hybridized carbons (Fsp3) is 0.857. The molecule has 1 heterocycles. The second-order valence-electron chi connectivity index (χ2n) is 6.20. The number of hydrogen-bond acceptors (Lipinski definition) is 2. The van der Waals surface area contributed by atoms with Crippen molar-refractivity contribution in [3.05, 3.63) is 0 Å². The van der Waals surface area contributed by atoms with Gasteiger partial charge in [0.15, 0.2) is 0 Å². The molecule has 4 nitrogen and oxygen atoms in total. The van der Waals surface area contributed by atoms with Crippen molar-refractivity contribution in [1.82, 2.24) is 10.2 Å². The van der Waals surface area contributed by atoms with E-state index in [0.29, 0.717) is 0 Å². The molecular formula is C14H22N2O2. The van der Waals surface area contributed by atoms with Gasteiger partial charge in [0.05, 0.1) is 0 Å². The smallest absolute Gasteiger partial charge is 0.248 e. The van der Waals surface area contributed by atoms with Gasteiger partial charge in [0.2, 0.25) is 11.8 Å². The number of nitrogens with one attached hydrogen (secondary N) is 1. The van der Waals surface area contributed by atoms with E-state index in [9.17, 15) is 9.59 Å². The Bertz CT molecular complexity index is 379. The van der Waals surface area contributed by atoms with Crippen molar-refractivity contribution >= 4 is 11.8 Å². The second kappa shape index (κ2) is 3.97. The normalized spacial score (nSPS) is 29.9. The van der Waals surface area contributed by atoms with Gasteiger partial charge in [0.1, 0.15) is 11.1 Å². The lowest BCUT2D eigenvalue weighted by Crippen LogP contribution is -2.74. The maximum atomic E-state index is 12.7. The maximum absolute atomic E-state index is 12.7. The van der Waals surface area contributed by atoms with Gasteiger partial charge in [-0.25, -0.2) is 0 Å².